The van der Waals surface area contributed by atoms with E-state index in [-0.39, 0.29) is 27.1 Å². The van der Waals surface area contributed by atoms with Crippen LogP contribution in [0.3, 0.4) is 0 Å². The molecular formula is C15H11ClF3N3O2S. The number of carbonyl (C=O) groups excluding carboxylic acids is 1. The summed E-state index contributed by atoms with van der Waals surface area (Å²) in [6, 6.07) is 8.59. The highest BCUT2D eigenvalue weighted by molar-refractivity contribution is 7.80. The van der Waals surface area contributed by atoms with Crippen molar-refractivity contribution in [2.24, 2.45) is 0 Å². The van der Waals surface area contributed by atoms with Gasteiger partial charge in [0.05, 0.1) is 16.8 Å². The van der Waals surface area contributed by atoms with Gasteiger partial charge in [-0.1, -0.05) is 23.7 Å². The van der Waals surface area contributed by atoms with Crippen molar-refractivity contribution in [1.82, 2.24) is 10.9 Å². The third-order valence-corrected chi connectivity index (χ3v) is 3.41. The van der Waals surface area contributed by atoms with Gasteiger partial charge in [-0.25, -0.2) is 0 Å². The first kappa shape index (κ1) is 18.8. The summed E-state index contributed by atoms with van der Waals surface area (Å²) < 4.78 is 38.7. The molecular weight excluding hydrogens is 379 g/mol. The van der Waals surface area contributed by atoms with Crippen LogP contribution in [0.2, 0.25) is 5.02 Å². The van der Waals surface area contributed by atoms with Gasteiger partial charge in [-0.3, -0.25) is 15.6 Å². The summed E-state index contributed by atoms with van der Waals surface area (Å²) in [6.45, 7) is 0. The van der Waals surface area contributed by atoms with E-state index < -0.39 is 17.6 Å². The van der Waals surface area contributed by atoms with Crippen molar-refractivity contribution in [3.05, 3.63) is 58.6 Å². The molecule has 0 aromatic heterocycles. The molecule has 4 N–H and O–H groups in total. The Morgan fingerprint density at radius 3 is 2.48 bits per heavy atom. The van der Waals surface area contributed by atoms with E-state index >= 15 is 0 Å². The molecule has 10 heteroatoms. The van der Waals surface area contributed by atoms with Gasteiger partial charge in [0.2, 0.25) is 0 Å². The maximum absolute atomic E-state index is 12.9. The van der Waals surface area contributed by atoms with Crippen molar-refractivity contribution in [2.45, 2.75) is 6.18 Å². The highest BCUT2D eigenvalue weighted by Gasteiger charge is 2.33. The average Bonchev–Trinajstić information content (AvgIpc) is 2.54. The molecule has 0 saturated heterocycles. The van der Waals surface area contributed by atoms with E-state index in [0.717, 1.165) is 6.07 Å². The van der Waals surface area contributed by atoms with Crippen molar-refractivity contribution >= 4 is 40.5 Å². The number of anilines is 1. The Morgan fingerprint density at radius 2 is 1.80 bits per heavy atom. The lowest BCUT2D eigenvalue weighted by molar-refractivity contribution is -0.136. The summed E-state index contributed by atoms with van der Waals surface area (Å²) in [5, 5.41) is 11.9. The van der Waals surface area contributed by atoms with Gasteiger partial charge < -0.3 is 10.4 Å². The van der Waals surface area contributed by atoms with Gasteiger partial charge in [-0.05, 0) is 42.5 Å². The van der Waals surface area contributed by atoms with Crippen LogP contribution in [0.25, 0.3) is 0 Å². The second-order valence-corrected chi connectivity index (χ2v) is 5.58. The highest BCUT2D eigenvalue weighted by Crippen LogP contribution is 2.34. The number of aromatic hydroxyl groups is 1. The Kier molecular flexibility index (Phi) is 5.70. The molecule has 0 aliphatic rings. The van der Waals surface area contributed by atoms with Crippen LogP contribution in [0.15, 0.2) is 42.5 Å². The molecule has 0 atom stereocenters. The second kappa shape index (κ2) is 7.58. The summed E-state index contributed by atoms with van der Waals surface area (Å²) in [6.07, 6.45) is -4.56. The summed E-state index contributed by atoms with van der Waals surface area (Å²) >= 11 is 10.6. The number of thiocarbonyl (C=S) groups is 1. The second-order valence-electron chi connectivity index (χ2n) is 4.74. The summed E-state index contributed by atoms with van der Waals surface area (Å²) in [7, 11) is 0. The topological polar surface area (TPSA) is 73.4 Å². The van der Waals surface area contributed by atoms with Gasteiger partial charge in [-0.2, -0.15) is 13.2 Å². The minimum Gasteiger partial charge on any atom is -0.507 e. The van der Waals surface area contributed by atoms with Gasteiger partial charge in [-0.15, -0.1) is 0 Å². The first-order valence-corrected chi connectivity index (χ1v) is 7.49. The molecule has 2 rings (SSSR count). The minimum absolute atomic E-state index is 0.126. The maximum Gasteiger partial charge on any atom is 0.418 e. The Hall–Kier alpha value is -2.52. The summed E-state index contributed by atoms with van der Waals surface area (Å²) in [4.78, 5) is 11.9. The zero-order valence-electron chi connectivity index (χ0n) is 12.3. The molecule has 5 nitrogen and oxygen atoms in total. The first-order valence-electron chi connectivity index (χ1n) is 6.70. The Morgan fingerprint density at radius 1 is 1.12 bits per heavy atom. The summed E-state index contributed by atoms with van der Waals surface area (Å²) in [5.74, 6) is -1.08. The molecule has 0 unspecified atom stereocenters. The van der Waals surface area contributed by atoms with Crippen LogP contribution in [0.4, 0.5) is 18.9 Å². The zero-order chi connectivity index (χ0) is 18.6. The number of nitrogens with one attached hydrogen (secondary N) is 3. The van der Waals surface area contributed by atoms with Crippen molar-refractivity contribution < 1.29 is 23.1 Å². The Labute approximate surface area is 150 Å². The van der Waals surface area contributed by atoms with Crippen LogP contribution < -0.4 is 16.2 Å². The monoisotopic (exact) mass is 389 g/mol. The fourth-order valence-electron chi connectivity index (χ4n) is 1.86. The van der Waals surface area contributed by atoms with E-state index in [4.69, 9.17) is 23.8 Å². The largest absolute Gasteiger partial charge is 0.507 e. The van der Waals surface area contributed by atoms with Crippen LogP contribution in [-0.4, -0.2) is 16.1 Å². The fraction of sp³-hybridized carbons (Fsp3) is 0.0667. The van der Waals surface area contributed by atoms with Crippen molar-refractivity contribution in [2.75, 3.05) is 5.32 Å². The quantitative estimate of drug-likeness (QED) is 0.465. The number of para-hydroxylation sites is 1. The number of hydrogen-bond donors (Lipinski definition) is 4. The smallest absolute Gasteiger partial charge is 0.418 e. The standard InChI is InChI=1S/C15H11ClF3N3O2S/c16-8-5-6-12(23)9(7-8)13(24)21-22-14(25)20-11-4-2-1-3-10(11)15(17,18)19/h1-7,23H,(H,21,24)(H2,20,22,25). The van der Waals surface area contributed by atoms with Gasteiger partial charge in [0.25, 0.3) is 5.91 Å². The van der Waals surface area contributed by atoms with E-state index in [1.54, 1.807) is 0 Å². The van der Waals surface area contributed by atoms with E-state index in [9.17, 15) is 23.1 Å². The molecule has 0 bridgehead atoms. The fourth-order valence-corrected chi connectivity index (χ4v) is 2.20. The number of alkyl halides is 3. The number of phenolic OH excluding ortho intramolecular Hbond substituents is 1. The molecule has 0 aliphatic heterocycles. The van der Waals surface area contributed by atoms with Gasteiger partial charge in [0.15, 0.2) is 5.11 Å². The lowest BCUT2D eigenvalue weighted by atomic mass is 10.2. The number of amides is 1. The molecule has 2 aromatic rings. The number of benzene rings is 2. The molecule has 0 aliphatic carbocycles. The molecule has 0 radical (unpaired) electrons. The molecule has 25 heavy (non-hydrogen) atoms. The zero-order valence-corrected chi connectivity index (χ0v) is 13.9. The molecule has 0 spiro atoms. The molecule has 132 valence electrons. The average molecular weight is 390 g/mol. The number of carbonyl (C=O) groups is 1. The number of halogens is 4. The Balaban J connectivity index is 2.02. The van der Waals surface area contributed by atoms with Gasteiger partial charge in [0, 0.05) is 5.02 Å². The highest BCUT2D eigenvalue weighted by atomic mass is 35.5. The summed E-state index contributed by atoms with van der Waals surface area (Å²) in [5.41, 5.74) is 3.10. The van der Waals surface area contributed by atoms with Crippen LogP contribution in [0.5, 0.6) is 5.75 Å². The molecule has 0 heterocycles. The van der Waals surface area contributed by atoms with Crippen molar-refractivity contribution in [3.8, 4) is 5.75 Å². The maximum atomic E-state index is 12.9. The van der Waals surface area contributed by atoms with E-state index in [1.165, 1.54) is 36.4 Å². The lowest BCUT2D eigenvalue weighted by Gasteiger charge is -2.16. The van der Waals surface area contributed by atoms with Gasteiger partial charge in [0.1, 0.15) is 5.75 Å². The normalized spacial score (nSPS) is 10.9. The Bertz CT molecular complexity index is 815. The van der Waals surface area contributed by atoms with Gasteiger partial charge >= 0.3 is 6.18 Å². The van der Waals surface area contributed by atoms with E-state index in [0.29, 0.717) is 0 Å². The van der Waals surface area contributed by atoms with Crippen LogP contribution in [-0.2, 0) is 6.18 Å². The molecule has 0 saturated carbocycles. The third kappa shape index (κ3) is 4.97. The third-order valence-electron chi connectivity index (χ3n) is 2.97. The SMILES string of the molecule is O=C(NNC(=S)Nc1ccccc1C(F)(F)F)c1cc(Cl)ccc1O. The lowest BCUT2D eigenvalue weighted by Crippen LogP contribution is -2.44. The van der Waals surface area contributed by atoms with Crippen molar-refractivity contribution in [1.29, 1.82) is 0 Å². The van der Waals surface area contributed by atoms with Crippen LogP contribution in [0, 0.1) is 0 Å². The molecule has 0 fully saturated rings. The minimum atomic E-state index is -4.56. The predicted molar refractivity (Wildman–Crippen MR) is 91.4 cm³/mol. The first-order chi connectivity index (χ1) is 11.7. The van der Waals surface area contributed by atoms with Crippen molar-refractivity contribution in [3.63, 3.8) is 0 Å². The number of hydrogen-bond acceptors (Lipinski definition) is 3. The van der Waals surface area contributed by atoms with Crippen LogP contribution in [0.1, 0.15) is 15.9 Å². The number of hydrazine groups is 1. The number of phenols is 1. The predicted octanol–water partition coefficient (Wildman–Crippen LogP) is 3.70. The van der Waals surface area contributed by atoms with E-state index in [1.807, 2.05) is 0 Å². The number of rotatable bonds is 2. The van der Waals surface area contributed by atoms with E-state index in [2.05, 4.69) is 16.2 Å². The molecule has 1 amide bonds. The molecule has 2 aromatic carbocycles. The van der Waals surface area contributed by atoms with Crippen LogP contribution >= 0.6 is 23.8 Å².